The Balaban J connectivity index is 1.36. The Morgan fingerprint density at radius 2 is 1.59 bits per heavy atom. The van der Waals surface area contributed by atoms with E-state index in [2.05, 4.69) is 4.90 Å². The number of rotatable bonds is 8. The third-order valence-corrected chi connectivity index (χ3v) is 7.19. The highest BCUT2D eigenvalue weighted by Crippen LogP contribution is 2.39. The maximum absolute atomic E-state index is 14.9. The molecule has 1 aliphatic heterocycles. The summed E-state index contributed by atoms with van der Waals surface area (Å²) in [6, 6.07) is 2.77. The lowest BCUT2D eigenvalue weighted by molar-refractivity contribution is 0.0136. The minimum Gasteiger partial charge on any atom is -0.494 e. The Morgan fingerprint density at radius 1 is 1.00 bits per heavy atom. The average molecular weight is 551 g/mol. The molecule has 2 atom stereocenters. The molecule has 0 saturated carbocycles. The van der Waals surface area contributed by atoms with Crippen LogP contribution in [0.3, 0.4) is 0 Å². The summed E-state index contributed by atoms with van der Waals surface area (Å²) in [7, 11) is 3.04. The van der Waals surface area contributed by atoms with E-state index in [-0.39, 0.29) is 36.5 Å². The number of carbonyl (C=O) groups is 1. The lowest BCUT2D eigenvalue weighted by atomic mass is 9.90. The predicted octanol–water partition coefficient (Wildman–Crippen LogP) is 1.92. The Kier molecular flexibility index (Phi) is 8.77. The molecule has 2 aromatic rings. The van der Waals surface area contributed by atoms with Crippen LogP contribution in [-0.4, -0.2) is 106 Å². The first kappa shape index (κ1) is 28.8. The van der Waals surface area contributed by atoms with Crippen molar-refractivity contribution in [1.82, 2.24) is 14.4 Å². The number of halogens is 1. The smallest absolute Gasteiger partial charge is 0.414 e. The Hall–Kier alpha value is -3.22. The third kappa shape index (κ3) is 6.34. The molecule has 11 nitrogen and oxygen atoms in total. The number of carbonyl (C=O) groups excluding carboxylic acids is 1. The van der Waals surface area contributed by atoms with Gasteiger partial charge in [0.15, 0.2) is 23.3 Å². The van der Waals surface area contributed by atoms with E-state index in [1.165, 1.54) is 35.7 Å². The number of fused-ring (bicyclic) bond motifs is 1. The molecule has 2 aliphatic rings. The van der Waals surface area contributed by atoms with Gasteiger partial charge in [-0.05, 0) is 26.8 Å². The number of aromatic hydroxyl groups is 2. The van der Waals surface area contributed by atoms with Crippen LogP contribution in [0.4, 0.5) is 14.9 Å². The molecule has 1 fully saturated rings. The fourth-order valence-electron chi connectivity index (χ4n) is 5.08. The second-order valence-electron chi connectivity index (χ2n) is 10.7. The molecule has 1 aromatic heterocycles. The first-order chi connectivity index (χ1) is 18.5. The molecule has 1 aliphatic carbocycles. The normalized spacial score (nSPS) is 19.7. The first-order valence-electron chi connectivity index (χ1n) is 13.3. The summed E-state index contributed by atoms with van der Waals surface area (Å²) in [5.74, 6) is -0.503. The van der Waals surface area contributed by atoms with Crippen LogP contribution in [0, 0.1) is 5.82 Å². The maximum atomic E-state index is 14.9. The van der Waals surface area contributed by atoms with Crippen LogP contribution in [0.1, 0.15) is 31.4 Å². The highest BCUT2D eigenvalue weighted by molar-refractivity contribution is 5.71. The number of ether oxygens (including phenoxy) is 2. The van der Waals surface area contributed by atoms with E-state index >= 15 is 0 Å². The number of amides is 1. The lowest BCUT2D eigenvalue weighted by Gasteiger charge is -2.37. The molecule has 4 N–H and O–H groups in total. The van der Waals surface area contributed by atoms with Crippen molar-refractivity contribution in [3.63, 3.8) is 0 Å². The third-order valence-electron chi connectivity index (χ3n) is 7.19. The minimum absolute atomic E-state index is 0.0577. The van der Waals surface area contributed by atoms with Crippen molar-refractivity contribution in [2.75, 3.05) is 51.7 Å². The summed E-state index contributed by atoms with van der Waals surface area (Å²) in [6.07, 6.45) is -1.88. The van der Waals surface area contributed by atoms with Crippen molar-refractivity contribution in [2.24, 2.45) is 0 Å². The molecule has 1 amide bonds. The fourth-order valence-corrected chi connectivity index (χ4v) is 5.08. The highest BCUT2D eigenvalue weighted by atomic mass is 19.1. The number of hydrogen-bond acceptors (Lipinski definition) is 9. The molecular weight excluding hydrogens is 511 g/mol. The van der Waals surface area contributed by atoms with Crippen molar-refractivity contribution in [1.29, 1.82) is 0 Å². The standard InChI is InChI=1S/C27H39FN4O7/c1-16(2)38-24-15-23(39-27(37)29(3)4)19(28)14-20(24)31-10-8-30(9-11-31)6-5-7-32-25(35)17-12-21(33)22(34)13-18(17)26(32)36/h14-16,21-22,33-36H,5-13H2,1-4H3. The van der Waals surface area contributed by atoms with E-state index in [4.69, 9.17) is 9.47 Å². The maximum Gasteiger partial charge on any atom is 0.414 e. The molecule has 0 radical (unpaired) electrons. The van der Waals surface area contributed by atoms with E-state index in [1.54, 1.807) is 0 Å². The van der Waals surface area contributed by atoms with Gasteiger partial charge in [0.1, 0.15) is 5.75 Å². The van der Waals surface area contributed by atoms with Crippen molar-refractivity contribution < 1.29 is 39.1 Å². The van der Waals surface area contributed by atoms with Gasteiger partial charge < -0.3 is 39.7 Å². The Labute approximate surface area is 227 Å². The largest absolute Gasteiger partial charge is 0.494 e. The van der Waals surface area contributed by atoms with Gasteiger partial charge in [-0.15, -0.1) is 0 Å². The van der Waals surface area contributed by atoms with Gasteiger partial charge >= 0.3 is 6.09 Å². The van der Waals surface area contributed by atoms with Crippen molar-refractivity contribution in [2.45, 2.75) is 58.0 Å². The number of nitrogens with zero attached hydrogens (tertiary/aromatic N) is 4. The van der Waals surface area contributed by atoms with E-state index in [0.717, 1.165) is 19.6 Å². The van der Waals surface area contributed by atoms with E-state index in [1.807, 2.05) is 18.7 Å². The van der Waals surface area contributed by atoms with Gasteiger partial charge in [-0.3, -0.25) is 9.47 Å². The summed E-state index contributed by atoms with van der Waals surface area (Å²) in [6.45, 7) is 7.57. The topological polar surface area (TPSA) is 131 Å². The molecule has 1 saturated heterocycles. The lowest BCUT2D eigenvalue weighted by Crippen LogP contribution is -2.47. The Bertz CT molecular complexity index is 1140. The molecule has 0 bridgehead atoms. The summed E-state index contributed by atoms with van der Waals surface area (Å²) in [4.78, 5) is 17.5. The van der Waals surface area contributed by atoms with E-state index < -0.39 is 24.1 Å². The van der Waals surface area contributed by atoms with Crippen LogP contribution in [0.25, 0.3) is 0 Å². The molecule has 12 heteroatoms. The predicted molar refractivity (Wildman–Crippen MR) is 142 cm³/mol. The number of aromatic nitrogens is 1. The summed E-state index contributed by atoms with van der Waals surface area (Å²) < 4.78 is 27.4. The van der Waals surface area contributed by atoms with Gasteiger partial charge in [-0.2, -0.15) is 0 Å². The van der Waals surface area contributed by atoms with Crippen molar-refractivity contribution in [3.8, 4) is 23.3 Å². The summed E-state index contributed by atoms with van der Waals surface area (Å²) >= 11 is 0. The minimum atomic E-state index is -0.959. The molecule has 2 heterocycles. The fraction of sp³-hybridized carbons (Fsp3) is 0.593. The van der Waals surface area contributed by atoms with Gasteiger partial charge in [-0.25, -0.2) is 9.18 Å². The molecule has 1 aromatic carbocycles. The number of benzene rings is 1. The SMILES string of the molecule is CC(C)Oc1cc(OC(=O)N(C)C)c(F)cc1N1CCN(CCCn2c(O)c3c(c2O)CC(O)C(O)C3)CC1. The zero-order valence-corrected chi connectivity index (χ0v) is 22.9. The number of piperazine rings is 1. The van der Waals surface area contributed by atoms with Crippen LogP contribution >= 0.6 is 0 Å². The van der Waals surface area contributed by atoms with Crippen molar-refractivity contribution in [3.05, 3.63) is 29.1 Å². The average Bonchev–Trinajstić information content (AvgIpc) is 3.10. The van der Waals surface area contributed by atoms with Gasteiger partial charge in [0, 0.05) is 82.9 Å². The quantitative estimate of drug-likeness (QED) is 0.389. The Morgan fingerprint density at radius 3 is 2.13 bits per heavy atom. The second kappa shape index (κ2) is 11.9. The van der Waals surface area contributed by atoms with Crippen molar-refractivity contribution >= 4 is 11.8 Å². The number of aliphatic hydroxyl groups is 2. The molecular formula is C27H39FN4O7. The molecule has 2 unspecified atom stereocenters. The zero-order chi connectivity index (χ0) is 28.4. The van der Waals surface area contributed by atoms with Crippen LogP contribution in [0.2, 0.25) is 0 Å². The van der Waals surface area contributed by atoms with Crippen LogP contribution in [-0.2, 0) is 19.4 Å². The highest BCUT2D eigenvalue weighted by Gasteiger charge is 2.33. The summed E-state index contributed by atoms with van der Waals surface area (Å²) in [5, 5.41) is 41.0. The van der Waals surface area contributed by atoms with Crippen LogP contribution < -0.4 is 14.4 Å². The molecule has 4 rings (SSSR count). The number of anilines is 1. The second-order valence-corrected chi connectivity index (χ2v) is 10.7. The molecule has 216 valence electrons. The van der Waals surface area contributed by atoms with Gasteiger partial charge in [0.25, 0.3) is 0 Å². The monoisotopic (exact) mass is 550 g/mol. The van der Waals surface area contributed by atoms with E-state index in [0.29, 0.717) is 48.6 Å². The zero-order valence-electron chi connectivity index (χ0n) is 22.9. The van der Waals surface area contributed by atoms with Gasteiger partial charge in [0.2, 0.25) is 0 Å². The number of hydrogen-bond donors (Lipinski definition) is 4. The first-order valence-corrected chi connectivity index (χ1v) is 13.3. The molecule has 39 heavy (non-hydrogen) atoms. The van der Waals surface area contributed by atoms with Gasteiger partial charge in [-0.1, -0.05) is 0 Å². The summed E-state index contributed by atoms with van der Waals surface area (Å²) in [5.41, 5.74) is 1.59. The number of aliphatic hydroxyl groups excluding tert-OH is 2. The van der Waals surface area contributed by atoms with E-state index in [9.17, 15) is 29.6 Å². The molecule has 0 spiro atoms. The van der Waals surface area contributed by atoms with Crippen LogP contribution in [0.15, 0.2) is 12.1 Å². The van der Waals surface area contributed by atoms with Gasteiger partial charge in [0.05, 0.1) is 24.0 Å². The van der Waals surface area contributed by atoms with Crippen LogP contribution in [0.5, 0.6) is 23.3 Å².